The van der Waals surface area contributed by atoms with E-state index in [9.17, 15) is 4.79 Å². The molecule has 1 aromatic rings. The molecule has 4 nitrogen and oxygen atoms in total. The average Bonchev–Trinajstić information content (AvgIpc) is 2.66. The molecule has 1 heterocycles. The molecule has 1 unspecified atom stereocenters. The second-order valence-corrected chi connectivity index (χ2v) is 2.91. The highest BCUT2D eigenvalue weighted by Crippen LogP contribution is 2.34. The van der Waals surface area contributed by atoms with Gasteiger partial charge in [-0.25, -0.2) is 0 Å². The van der Waals surface area contributed by atoms with Crippen LogP contribution in [0.2, 0.25) is 0 Å². The molecule has 2 rings (SSSR count). The van der Waals surface area contributed by atoms with Crippen LogP contribution in [-0.2, 0) is 9.53 Å². The van der Waals surface area contributed by atoms with E-state index in [0.29, 0.717) is 11.5 Å². The van der Waals surface area contributed by atoms with Gasteiger partial charge in [0.2, 0.25) is 6.79 Å². The summed E-state index contributed by atoms with van der Waals surface area (Å²) in [5, 5.41) is 0. The molecule has 0 N–H and O–H groups in total. The lowest BCUT2D eigenvalue weighted by atomic mass is 10.1. The molecule has 0 fully saturated rings. The van der Waals surface area contributed by atoms with E-state index in [0.717, 1.165) is 11.8 Å². The van der Waals surface area contributed by atoms with E-state index < -0.39 is 6.10 Å². The van der Waals surface area contributed by atoms with Gasteiger partial charge in [-0.15, -0.1) is 0 Å². The predicted molar refractivity (Wildman–Crippen MR) is 48.4 cm³/mol. The largest absolute Gasteiger partial charge is 0.454 e. The van der Waals surface area contributed by atoms with Crippen molar-refractivity contribution in [1.29, 1.82) is 0 Å². The van der Waals surface area contributed by atoms with E-state index in [1.165, 1.54) is 7.11 Å². The molecule has 0 aromatic heterocycles. The van der Waals surface area contributed by atoms with Crippen LogP contribution < -0.4 is 9.47 Å². The number of benzene rings is 1. The molecular weight excluding hydrogens is 184 g/mol. The number of aldehydes is 1. The fourth-order valence-corrected chi connectivity index (χ4v) is 1.36. The van der Waals surface area contributed by atoms with Crippen molar-refractivity contribution in [3.05, 3.63) is 23.8 Å². The van der Waals surface area contributed by atoms with Gasteiger partial charge in [0.05, 0.1) is 0 Å². The second kappa shape index (κ2) is 3.67. The number of methoxy groups -OCH3 is 1. The lowest BCUT2D eigenvalue weighted by molar-refractivity contribution is -0.116. The Morgan fingerprint density at radius 3 is 2.93 bits per heavy atom. The first kappa shape index (κ1) is 9.02. The van der Waals surface area contributed by atoms with E-state index in [2.05, 4.69) is 0 Å². The van der Waals surface area contributed by atoms with Crippen molar-refractivity contribution in [2.75, 3.05) is 13.9 Å². The smallest absolute Gasteiger partial charge is 0.231 e. The van der Waals surface area contributed by atoms with Gasteiger partial charge in [0, 0.05) is 7.11 Å². The first-order valence-corrected chi connectivity index (χ1v) is 4.23. The first-order valence-electron chi connectivity index (χ1n) is 4.23. The Morgan fingerprint density at radius 2 is 2.21 bits per heavy atom. The Morgan fingerprint density at radius 1 is 1.43 bits per heavy atom. The standard InChI is InChI=1S/C10H10O4/c1-12-10(5-11)7-2-3-8-9(4-7)14-6-13-8/h2-5,10H,6H2,1H3. The summed E-state index contributed by atoms with van der Waals surface area (Å²) in [5.74, 6) is 1.36. The molecule has 0 saturated heterocycles. The fourth-order valence-electron chi connectivity index (χ4n) is 1.36. The zero-order valence-corrected chi connectivity index (χ0v) is 7.73. The van der Waals surface area contributed by atoms with Gasteiger partial charge in [0.1, 0.15) is 6.10 Å². The number of hydrogen-bond acceptors (Lipinski definition) is 4. The van der Waals surface area contributed by atoms with Crippen molar-refractivity contribution >= 4 is 6.29 Å². The molecule has 1 aliphatic heterocycles. The number of ether oxygens (including phenoxy) is 3. The molecule has 14 heavy (non-hydrogen) atoms. The number of fused-ring (bicyclic) bond motifs is 1. The molecule has 0 aliphatic carbocycles. The lowest BCUT2D eigenvalue weighted by Crippen LogP contribution is -2.02. The van der Waals surface area contributed by atoms with E-state index in [4.69, 9.17) is 14.2 Å². The number of carbonyl (C=O) groups is 1. The maximum atomic E-state index is 10.6. The maximum absolute atomic E-state index is 10.6. The Balaban J connectivity index is 2.32. The van der Waals surface area contributed by atoms with Gasteiger partial charge in [0.25, 0.3) is 0 Å². The van der Waals surface area contributed by atoms with Crippen LogP contribution in [0.1, 0.15) is 11.7 Å². The first-order chi connectivity index (χ1) is 6.85. The van der Waals surface area contributed by atoms with Gasteiger partial charge in [-0.1, -0.05) is 6.07 Å². The highest BCUT2D eigenvalue weighted by atomic mass is 16.7. The second-order valence-electron chi connectivity index (χ2n) is 2.91. The molecular formula is C10H10O4. The van der Waals surface area contributed by atoms with Crippen LogP contribution in [0.3, 0.4) is 0 Å². The Kier molecular flexibility index (Phi) is 2.37. The Hall–Kier alpha value is -1.55. The third-order valence-electron chi connectivity index (χ3n) is 2.10. The Labute approximate surface area is 81.4 Å². The molecule has 1 aromatic carbocycles. The van der Waals surface area contributed by atoms with Gasteiger partial charge in [-0.2, -0.15) is 0 Å². The zero-order chi connectivity index (χ0) is 9.97. The summed E-state index contributed by atoms with van der Waals surface area (Å²) < 4.78 is 15.3. The number of hydrogen-bond donors (Lipinski definition) is 0. The molecule has 1 atom stereocenters. The quantitative estimate of drug-likeness (QED) is 0.680. The van der Waals surface area contributed by atoms with E-state index in [-0.39, 0.29) is 6.79 Å². The van der Waals surface area contributed by atoms with E-state index in [1.807, 2.05) is 0 Å². The van der Waals surface area contributed by atoms with Crippen LogP contribution >= 0.6 is 0 Å². The average molecular weight is 194 g/mol. The van der Waals surface area contributed by atoms with E-state index >= 15 is 0 Å². The van der Waals surface area contributed by atoms with Crippen molar-refractivity contribution in [2.24, 2.45) is 0 Å². The highest BCUT2D eigenvalue weighted by Gasteiger charge is 2.16. The topological polar surface area (TPSA) is 44.8 Å². The third kappa shape index (κ3) is 1.44. The lowest BCUT2D eigenvalue weighted by Gasteiger charge is -2.08. The van der Waals surface area contributed by atoms with Gasteiger partial charge >= 0.3 is 0 Å². The summed E-state index contributed by atoms with van der Waals surface area (Å²) in [6, 6.07) is 5.31. The van der Waals surface area contributed by atoms with Crippen LogP contribution in [-0.4, -0.2) is 20.2 Å². The van der Waals surface area contributed by atoms with Crippen molar-refractivity contribution < 1.29 is 19.0 Å². The van der Waals surface area contributed by atoms with Crippen LogP contribution in [0, 0.1) is 0 Å². The normalized spacial score (nSPS) is 15.2. The molecule has 0 bridgehead atoms. The SMILES string of the molecule is COC(C=O)c1ccc2c(c1)OCO2. The predicted octanol–water partition coefficient (Wildman–Crippen LogP) is 1.30. The number of rotatable bonds is 3. The molecule has 1 aliphatic rings. The molecule has 4 heteroatoms. The van der Waals surface area contributed by atoms with Crippen molar-refractivity contribution in [1.82, 2.24) is 0 Å². The minimum absolute atomic E-state index is 0.234. The molecule has 0 amide bonds. The molecule has 0 radical (unpaired) electrons. The van der Waals surface area contributed by atoms with Crippen molar-refractivity contribution in [3.63, 3.8) is 0 Å². The zero-order valence-electron chi connectivity index (χ0n) is 7.73. The maximum Gasteiger partial charge on any atom is 0.231 e. The monoisotopic (exact) mass is 194 g/mol. The van der Waals surface area contributed by atoms with Crippen LogP contribution in [0.25, 0.3) is 0 Å². The molecule has 0 saturated carbocycles. The van der Waals surface area contributed by atoms with E-state index in [1.54, 1.807) is 18.2 Å². The van der Waals surface area contributed by atoms with Gasteiger partial charge < -0.3 is 19.0 Å². The molecule has 74 valence electrons. The van der Waals surface area contributed by atoms with Crippen LogP contribution in [0.5, 0.6) is 11.5 Å². The van der Waals surface area contributed by atoms with Gasteiger partial charge in [-0.3, -0.25) is 0 Å². The summed E-state index contributed by atoms with van der Waals surface area (Å²) in [6.07, 6.45) is 0.210. The number of carbonyl (C=O) groups excluding carboxylic acids is 1. The Bertz CT molecular complexity index is 348. The van der Waals surface area contributed by atoms with Crippen LogP contribution in [0.4, 0.5) is 0 Å². The summed E-state index contributed by atoms with van der Waals surface area (Å²) in [5.41, 5.74) is 0.770. The van der Waals surface area contributed by atoms with Crippen molar-refractivity contribution in [2.45, 2.75) is 6.10 Å². The fraction of sp³-hybridized carbons (Fsp3) is 0.300. The third-order valence-corrected chi connectivity index (χ3v) is 2.10. The molecule has 0 spiro atoms. The summed E-state index contributed by atoms with van der Waals surface area (Å²) in [6.45, 7) is 0.234. The minimum atomic E-state index is -0.538. The van der Waals surface area contributed by atoms with Gasteiger partial charge in [0.15, 0.2) is 17.8 Å². The summed E-state index contributed by atoms with van der Waals surface area (Å²) in [4.78, 5) is 10.6. The highest BCUT2D eigenvalue weighted by molar-refractivity contribution is 5.61. The summed E-state index contributed by atoms with van der Waals surface area (Å²) in [7, 11) is 1.49. The van der Waals surface area contributed by atoms with Crippen LogP contribution in [0.15, 0.2) is 18.2 Å². The van der Waals surface area contributed by atoms with Crippen molar-refractivity contribution in [3.8, 4) is 11.5 Å². The summed E-state index contributed by atoms with van der Waals surface area (Å²) >= 11 is 0. The van der Waals surface area contributed by atoms with Gasteiger partial charge in [-0.05, 0) is 17.7 Å². The minimum Gasteiger partial charge on any atom is -0.454 e.